The van der Waals surface area contributed by atoms with Crippen LogP contribution in [0.1, 0.15) is 47.0 Å². The van der Waals surface area contributed by atoms with Crippen molar-refractivity contribution < 1.29 is 14.6 Å². The first-order valence-electron chi connectivity index (χ1n) is 7.34. The Morgan fingerprint density at radius 2 is 1.74 bits per heavy atom. The third-order valence-corrected chi connectivity index (χ3v) is 4.53. The standard InChI is InChI=1S/C15H29NO3/c1-13(2)10-12(14(3,4)19-13)16(5)11-15(17)6-8-18-9-7-15/h12,17H,6-11H2,1-5H3. The van der Waals surface area contributed by atoms with Crippen molar-refractivity contribution in [3.05, 3.63) is 0 Å². The Morgan fingerprint density at radius 1 is 1.16 bits per heavy atom. The van der Waals surface area contributed by atoms with E-state index in [2.05, 4.69) is 39.6 Å². The van der Waals surface area contributed by atoms with Crippen LogP contribution in [-0.4, -0.2) is 59.7 Å². The van der Waals surface area contributed by atoms with Crippen LogP contribution in [0.4, 0.5) is 0 Å². The van der Waals surface area contributed by atoms with Crippen LogP contribution >= 0.6 is 0 Å². The van der Waals surface area contributed by atoms with Gasteiger partial charge in [0, 0.05) is 38.6 Å². The Hall–Kier alpha value is -0.160. The summed E-state index contributed by atoms with van der Waals surface area (Å²) in [6, 6.07) is 0.342. The van der Waals surface area contributed by atoms with Crippen molar-refractivity contribution in [1.29, 1.82) is 0 Å². The smallest absolute Gasteiger partial charge is 0.0817 e. The number of rotatable bonds is 3. The van der Waals surface area contributed by atoms with Crippen LogP contribution < -0.4 is 0 Å². The van der Waals surface area contributed by atoms with Gasteiger partial charge in [-0.2, -0.15) is 0 Å². The first kappa shape index (κ1) is 15.2. The van der Waals surface area contributed by atoms with Gasteiger partial charge >= 0.3 is 0 Å². The topological polar surface area (TPSA) is 41.9 Å². The van der Waals surface area contributed by atoms with Gasteiger partial charge in [0.1, 0.15) is 0 Å². The van der Waals surface area contributed by atoms with Crippen molar-refractivity contribution in [2.45, 2.75) is 69.8 Å². The quantitative estimate of drug-likeness (QED) is 0.850. The fourth-order valence-corrected chi connectivity index (χ4v) is 3.70. The second-order valence-electron chi connectivity index (χ2n) is 7.44. The fourth-order valence-electron chi connectivity index (χ4n) is 3.70. The lowest BCUT2D eigenvalue weighted by Crippen LogP contribution is -2.52. The van der Waals surface area contributed by atoms with E-state index in [4.69, 9.17) is 9.47 Å². The molecule has 0 saturated carbocycles. The van der Waals surface area contributed by atoms with Gasteiger partial charge in [-0.05, 0) is 41.2 Å². The monoisotopic (exact) mass is 271 g/mol. The molecular weight excluding hydrogens is 242 g/mol. The summed E-state index contributed by atoms with van der Waals surface area (Å²) in [4.78, 5) is 2.28. The van der Waals surface area contributed by atoms with Crippen molar-refractivity contribution in [1.82, 2.24) is 4.90 Å². The lowest BCUT2D eigenvalue weighted by Gasteiger charge is -2.40. The molecule has 0 aromatic carbocycles. The van der Waals surface area contributed by atoms with Gasteiger partial charge in [0.25, 0.3) is 0 Å². The average Bonchev–Trinajstić information content (AvgIpc) is 2.47. The summed E-state index contributed by atoms with van der Waals surface area (Å²) in [6.07, 6.45) is 2.46. The number of hydrogen-bond acceptors (Lipinski definition) is 4. The summed E-state index contributed by atoms with van der Waals surface area (Å²) in [7, 11) is 2.10. The number of nitrogens with zero attached hydrogens (tertiary/aromatic N) is 1. The van der Waals surface area contributed by atoms with Gasteiger partial charge in [-0.15, -0.1) is 0 Å². The molecule has 19 heavy (non-hydrogen) atoms. The average molecular weight is 271 g/mol. The van der Waals surface area contributed by atoms with E-state index < -0.39 is 5.60 Å². The predicted octanol–water partition coefficient (Wildman–Crippen LogP) is 1.81. The highest BCUT2D eigenvalue weighted by Gasteiger charge is 2.48. The molecule has 4 nitrogen and oxygen atoms in total. The molecule has 0 aromatic rings. The van der Waals surface area contributed by atoms with E-state index in [1.807, 2.05) is 0 Å². The minimum Gasteiger partial charge on any atom is -0.388 e. The summed E-state index contributed by atoms with van der Waals surface area (Å²) in [5.74, 6) is 0. The zero-order chi connectivity index (χ0) is 14.3. The zero-order valence-electron chi connectivity index (χ0n) is 13.0. The van der Waals surface area contributed by atoms with Gasteiger partial charge in [-0.3, -0.25) is 4.90 Å². The summed E-state index contributed by atoms with van der Waals surface area (Å²) < 4.78 is 11.5. The summed E-state index contributed by atoms with van der Waals surface area (Å²) in [5.41, 5.74) is -0.851. The van der Waals surface area contributed by atoms with Gasteiger partial charge in [0.2, 0.25) is 0 Å². The minimum atomic E-state index is -0.601. The first-order valence-corrected chi connectivity index (χ1v) is 7.34. The van der Waals surface area contributed by atoms with Crippen LogP contribution in [0.25, 0.3) is 0 Å². The van der Waals surface area contributed by atoms with Crippen LogP contribution in [0.15, 0.2) is 0 Å². The second-order valence-corrected chi connectivity index (χ2v) is 7.44. The van der Waals surface area contributed by atoms with Crippen molar-refractivity contribution in [3.8, 4) is 0 Å². The summed E-state index contributed by atoms with van der Waals surface area (Å²) in [6.45, 7) is 10.6. The third kappa shape index (κ3) is 3.48. The molecule has 2 heterocycles. The maximum absolute atomic E-state index is 10.6. The Morgan fingerprint density at radius 3 is 2.21 bits per heavy atom. The SMILES string of the molecule is CN(CC1(O)CCOCC1)C1CC(C)(C)OC1(C)C. The van der Waals surface area contributed by atoms with Crippen LogP contribution in [0, 0.1) is 0 Å². The normalized spacial score (nSPS) is 32.7. The van der Waals surface area contributed by atoms with E-state index in [1.54, 1.807) is 0 Å². The third-order valence-electron chi connectivity index (χ3n) is 4.53. The van der Waals surface area contributed by atoms with Crippen molar-refractivity contribution >= 4 is 0 Å². The van der Waals surface area contributed by atoms with E-state index in [9.17, 15) is 5.11 Å². The molecule has 0 aromatic heterocycles. The molecular formula is C15H29NO3. The molecule has 2 aliphatic heterocycles. The molecule has 2 fully saturated rings. The Kier molecular flexibility index (Phi) is 4.00. The highest BCUT2D eigenvalue weighted by molar-refractivity contribution is 5.00. The first-order chi connectivity index (χ1) is 8.64. The van der Waals surface area contributed by atoms with E-state index in [-0.39, 0.29) is 11.2 Å². The summed E-state index contributed by atoms with van der Waals surface area (Å²) >= 11 is 0. The Balaban J connectivity index is 2.01. The Labute approximate surface area is 117 Å². The zero-order valence-corrected chi connectivity index (χ0v) is 13.0. The van der Waals surface area contributed by atoms with E-state index in [0.29, 0.717) is 25.8 Å². The van der Waals surface area contributed by atoms with E-state index >= 15 is 0 Å². The fraction of sp³-hybridized carbons (Fsp3) is 1.00. The van der Waals surface area contributed by atoms with E-state index in [1.165, 1.54) is 0 Å². The molecule has 0 amide bonds. The molecule has 0 aliphatic carbocycles. The lowest BCUT2D eigenvalue weighted by molar-refractivity contribution is -0.101. The van der Waals surface area contributed by atoms with Crippen LogP contribution in [-0.2, 0) is 9.47 Å². The van der Waals surface area contributed by atoms with Crippen molar-refractivity contribution in [3.63, 3.8) is 0 Å². The molecule has 2 rings (SSSR count). The molecule has 0 radical (unpaired) electrons. The van der Waals surface area contributed by atoms with Gasteiger partial charge in [0.05, 0.1) is 16.8 Å². The highest BCUT2D eigenvalue weighted by atomic mass is 16.5. The van der Waals surface area contributed by atoms with Crippen LogP contribution in [0.3, 0.4) is 0 Å². The van der Waals surface area contributed by atoms with E-state index in [0.717, 1.165) is 19.3 Å². The maximum Gasteiger partial charge on any atom is 0.0817 e. The Bertz CT molecular complexity index is 321. The van der Waals surface area contributed by atoms with Crippen LogP contribution in [0.2, 0.25) is 0 Å². The lowest BCUT2D eigenvalue weighted by atomic mass is 9.89. The van der Waals surface area contributed by atoms with Crippen LogP contribution in [0.5, 0.6) is 0 Å². The molecule has 2 saturated heterocycles. The maximum atomic E-state index is 10.6. The number of ether oxygens (including phenoxy) is 2. The molecule has 112 valence electrons. The molecule has 0 spiro atoms. The van der Waals surface area contributed by atoms with Gasteiger partial charge < -0.3 is 14.6 Å². The molecule has 1 N–H and O–H groups in total. The summed E-state index contributed by atoms with van der Waals surface area (Å²) in [5, 5.41) is 10.6. The minimum absolute atomic E-state index is 0.0826. The second kappa shape index (κ2) is 4.99. The largest absolute Gasteiger partial charge is 0.388 e. The van der Waals surface area contributed by atoms with Crippen molar-refractivity contribution in [2.24, 2.45) is 0 Å². The highest BCUT2D eigenvalue weighted by Crippen LogP contribution is 2.40. The van der Waals surface area contributed by atoms with Gasteiger partial charge in [0.15, 0.2) is 0 Å². The molecule has 2 aliphatic rings. The number of likely N-dealkylation sites (N-methyl/N-ethyl adjacent to an activating group) is 1. The molecule has 4 heteroatoms. The number of aliphatic hydroxyl groups is 1. The van der Waals surface area contributed by atoms with Gasteiger partial charge in [-0.25, -0.2) is 0 Å². The molecule has 1 unspecified atom stereocenters. The number of hydrogen-bond donors (Lipinski definition) is 1. The van der Waals surface area contributed by atoms with Crippen molar-refractivity contribution in [2.75, 3.05) is 26.8 Å². The molecule has 1 atom stereocenters. The van der Waals surface area contributed by atoms with Gasteiger partial charge in [-0.1, -0.05) is 0 Å². The predicted molar refractivity (Wildman–Crippen MR) is 75.3 cm³/mol. The molecule has 0 bridgehead atoms.